The Hall–Kier alpha value is -1.55. The zero-order chi connectivity index (χ0) is 11.8. The first-order chi connectivity index (χ1) is 7.72. The molecular weight excluding hydrogens is 236 g/mol. The number of nitrogens with zero attached hydrogens (tertiary/aromatic N) is 2. The number of hydrogen-bond donors (Lipinski definition) is 2. The number of guanidine groups is 1. The number of aryl methyl sites for hydroxylation is 1. The first kappa shape index (κ1) is 15.4. The fraction of sp³-hybridized carbons (Fsp3) is 0.333. The molecule has 4 N–H and O–H groups in total. The minimum absolute atomic E-state index is 0. The van der Waals surface area contributed by atoms with Gasteiger partial charge in [0.25, 0.3) is 0 Å². The van der Waals surface area contributed by atoms with Crippen LogP contribution < -0.4 is 11.5 Å². The van der Waals surface area contributed by atoms with E-state index in [0.29, 0.717) is 0 Å². The maximum atomic E-state index is 5.15. The van der Waals surface area contributed by atoms with Crippen LogP contribution in [0.25, 0.3) is 0 Å². The Balaban J connectivity index is 0.00000256. The van der Waals surface area contributed by atoms with E-state index in [1.807, 2.05) is 12.1 Å². The summed E-state index contributed by atoms with van der Waals surface area (Å²) in [5.41, 5.74) is 12.6. The zero-order valence-electron chi connectivity index (χ0n) is 9.97. The molecule has 0 heterocycles. The van der Waals surface area contributed by atoms with Crippen molar-refractivity contribution in [3.05, 3.63) is 35.4 Å². The van der Waals surface area contributed by atoms with E-state index in [9.17, 15) is 0 Å². The summed E-state index contributed by atoms with van der Waals surface area (Å²) >= 11 is 0. The van der Waals surface area contributed by atoms with Gasteiger partial charge in [0.15, 0.2) is 0 Å². The lowest BCUT2D eigenvalue weighted by Gasteiger charge is -1.99. The third kappa shape index (κ3) is 6.58. The van der Waals surface area contributed by atoms with Gasteiger partial charge in [-0.15, -0.1) is 17.5 Å². The van der Waals surface area contributed by atoms with Crippen LogP contribution in [0.1, 0.15) is 30.9 Å². The predicted molar refractivity (Wildman–Crippen MR) is 75.7 cm³/mol. The molecule has 0 saturated heterocycles. The van der Waals surface area contributed by atoms with Crippen molar-refractivity contribution < 1.29 is 0 Å². The summed E-state index contributed by atoms with van der Waals surface area (Å²) in [6.07, 6.45) is 5.19. The van der Waals surface area contributed by atoms with Crippen LogP contribution in [-0.2, 0) is 6.42 Å². The van der Waals surface area contributed by atoms with Crippen molar-refractivity contribution in [1.82, 2.24) is 0 Å². The molecule has 0 unspecified atom stereocenters. The Morgan fingerprint density at radius 1 is 1.24 bits per heavy atom. The molecule has 0 fully saturated rings. The molecule has 94 valence electrons. The number of benzene rings is 1. The molecule has 0 aliphatic heterocycles. The second kappa shape index (κ2) is 8.58. The van der Waals surface area contributed by atoms with Crippen LogP contribution in [0.5, 0.6) is 0 Å². The van der Waals surface area contributed by atoms with Crippen LogP contribution in [0.4, 0.5) is 0 Å². The number of rotatable bonds is 5. The second-order valence-electron chi connectivity index (χ2n) is 3.61. The van der Waals surface area contributed by atoms with Crippen molar-refractivity contribution in [1.29, 1.82) is 0 Å². The van der Waals surface area contributed by atoms with E-state index >= 15 is 0 Å². The van der Waals surface area contributed by atoms with Crippen LogP contribution in [0, 0.1) is 0 Å². The van der Waals surface area contributed by atoms with E-state index in [1.54, 1.807) is 6.21 Å². The predicted octanol–water partition coefficient (Wildman–Crippen LogP) is 2.06. The molecule has 0 bridgehead atoms. The Kier molecular flexibility index (Phi) is 7.80. The van der Waals surface area contributed by atoms with Gasteiger partial charge in [-0.2, -0.15) is 5.10 Å². The molecule has 0 aromatic heterocycles. The fourth-order valence-corrected chi connectivity index (χ4v) is 1.31. The number of unbranched alkanes of at least 4 members (excludes halogenated alkanes) is 1. The quantitative estimate of drug-likeness (QED) is 0.479. The summed E-state index contributed by atoms with van der Waals surface area (Å²) in [6, 6.07) is 8.23. The molecule has 17 heavy (non-hydrogen) atoms. The minimum atomic E-state index is -0.0317. The van der Waals surface area contributed by atoms with Crippen molar-refractivity contribution in [2.75, 3.05) is 0 Å². The largest absolute Gasteiger partial charge is 0.369 e. The molecule has 0 radical (unpaired) electrons. The van der Waals surface area contributed by atoms with Gasteiger partial charge >= 0.3 is 0 Å². The maximum Gasteiger partial charge on any atom is 0.211 e. The van der Waals surface area contributed by atoms with E-state index in [-0.39, 0.29) is 18.4 Å². The summed E-state index contributed by atoms with van der Waals surface area (Å²) in [5, 5.41) is 7.28. The van der Waals surface area contributed by atoms with E-state index in [0.717, 1.165) is 12.0 Å². The highest BCUT2D eigenvalue weighted by Gasteiger charge is 1.92. The molecular formula is C12H19ClN4. The summed E-state index contributed by atoms with van der Waals surface area (Å²) < 4.78 is 0. The molecule has 5 heteroatoms. The van der Waals surface area contributed by atoms with Gasteiger partial charge in [-0.25, -0.2) is 0 Å². The van der Waals surface area contributed by atoms with Gasteiger partial charge in [-0.05, 0) is 24.0 Å². The average Bonchev–Trinajstić information content (AvgIpc) is 2.27. The number of halogens is 1. The zero-order valence-corrected chi connectivity index (χ0v) is 10.8. The van der Waals surface area contributed by atoms with Gasteiger partial charge < -0.3 is 11.5 Å². The van der Waals surface area contributed by atoms with Crippen LogP contribution in [0.2, 0.25) is 0 Å². The lowest BCUT2D eigenvalue weighted by molar-refractivity contribution is 0.795. The van der Waals surface area contributed by atoms with E-state index < -0.39 is 0 Å². The Morgan fingerprint density at radius 3 is 2.41 bits per heavy atom. The highest BCUT2D eigenvalue weighted by molar-refractivity contribution is 5.85. The van der Waals surface area contributed by atoms with Crippen LogP contribution >= 0.6 is 12.4 Å². The topological polar surface area (TPSA) is 76.8 Å². The lowest BCUT2D eigenvalue weighted by atomic mass is 10.1. The monoisotopic (exact) mass is 254 g/mol. The second-order valence-corrected chi connectivity index (χ2v) is 3.61. The van der Waals surface area contributed by atoms with Gasteiger partial charge in [0.05, 0.1) is 6.21 Å². The first-order valence-electron chi connectivity index (χ1n) is 5.43. The molecule has 0 atom stereocenters. The van der Waals surface area contributed by atoms with Crippen molar-refractivity contribution in [2.45, 2.75) is 26.2 Å². The van der Waals surface area contributed by atoms with Gasteiger partial charge in [-0.3, -0.25) is 0 Å². The highest BCUT2D eigenvalue weighted by Crippen LogP contribution is 2.06. The molecule has 0 aliphatic rings. The van der Waals surface area contributed by atoms with E-state index in [4.69, 9.17) is 11.5 Å². The molecule has 0 saturated carbocycles. The summed E-state index contributed by atoms with van der Waals surface area (Å²) in [6.45, 7) is 2.19. The van der Waals surface area contributed by atoms with Crippen molar-refractivity contribution in [2.24, 2.45) is 21.7 Å². The molecule has 1 aromatic carbocycles. The maximum absolute atomic E-state index is 5.15. The Bertz CT molecular complexity index is 367. The van der Waals surface area contributed by atoms with Crippen molar-refractivity contribution >= 4 is 24.6 Å². The van der Waals surface area contributed by atoms with E-state index in [2.05, 4.69) is 29.3 Å². The molecule has 1 rings (SSSR count). The first-order valence-corrected chi connectivity index (χ1v) is 5.43. The van der Waals surface area contributed by atoms with Crippen molar-refractivity contribution in [3.8, 4) is 0 Å². The molecule has 0 amide bonds. The Labute approximate surface area is 108 Å². The third-order valence-corrected chi connectivity index (χ3v) is 2.18. The highest BCUT2D eigenvalue weighted by atomic mass is 35.5. The summed E-state index contributed by atoms with van der Waals surface area (Å²) in [7, 11) is 0. The SMILES string of the molecule is CCCCc1ccc(/C=N/N=C(N)N)cc1.Cl. The normalized spacial score (nSPS) is 9.94. The lowest BCUT2D eigenvalue weighted by Crippen LogP contribution is -2.21. The van der Waals surface area contributed by atoms with Gasteiger partial charge in [-0.1, -0.05) is 37.6 Å². The van der Waals surface area contributed by atoms with Crippen LogP contribution in [-0.4, -0.2) is 12.2 Å². The molecule has 4 nitrogen and oxygen atoms in total. The fourth-order valence-electron chi connectivity index (χ4n) is 1.31. The average molecular weight is 255 g/mol. The van der Waals surface area contributed by atoms with Crippen molar-refractivity contribution in [3.63, 3.8) is 0 Å². The van der Waals surface area contributed by atoms with Crippen LogP contribution in [0.15, 0.2) is 34.5 Å². The number of hydrogen-bond acceptors (Lipinski definition) is 2. The Morgan fingerprint density at radius 2 is 1.88 bits per heavy atom. The number of nitrogens with two attached hydrogens (primary N) is 2. The molecule has 1 aromatic rings. The minimum Gasteiger partial charge on any atom is -0.369 e. The molecule has 0 spiro atoms. The smallest absolute Gasteiger partial charge is 0.211 e. The van der Waals surface area contributed by atoms with Gasteiger partial charge in [0, 0.05) is 0 Å². The van der Waals surface area contributed by atoms with Gasteiger partial charge in [0.2, 0.25) is 5.96 Å². The standard InChI is InChI=1S/C12H18N4.ClH/c1-2-3-4-10-5-7-11(8-6-10)9-15-16-12(13)14;/h5-9H,2-4H2,1H3,(H4,13,14,16);1H/b15-9+;. The summed E-state index contributed by atoms with van der Waals surface area (Å²) in [5.74, 6) is -0.0317. The van der Waals surface area contributed by atoms with Gasteiger partial charge in [0.1, 0.15) is 0 Å². The van der Waals surface area contributed by atoms with E-state index in [1.165, 1.54) is 18.4 Å². The van der Waals surface area contributed by atoms with Crippen LogP contribution in [0.3, 0.4) is 0 Å². The summed E-state index contributed by atoms with van der Waals surface area (Å²) in [4.78, 5) is 0. The molecule has 0 aliphatic carbocycles. The third-order valence-electron chi connectivity index (χ3n) is 2.18.